The molecule has 0 radical (unpaired) electrons. The average Bonchev–Trinajstić information content (AvgIpc) is 3.19. The number of fused-ring (bicyclic) bond motifs is 1. The number of hydrogen-bond acceptors (Lipinski definition) is 8. The van der Waals surface area contributed by atoms with Gasteiger partial charge in [0.25, 0.3) is 5.91 Å². The Labute approximate surface area is 169 Å². The van der Waals surface area contributed by atoms with Gasteiger partial charge in [0.15, 0.2) is 5.13 Å². The van der Waals surface area contributed by atoms with Gasteiger partial charge >= 0.3 is 10.3 Å². The van der Waals surface area contributed by atoms with Crippen LogP contribution in [0, 0.1) is 0 Å². The van der Waals surface area contributed by atoms with Gasteiger partial charge in [-0.2, -0.15) is 8.42 Å². The summed E-state index contributed by atoms with van der Waals surface area (Å²) in [4.78, 5) is 31.7. The van der Waals surface area contributed by atoms with Crippen LogP contribution < -0.4 is 5.73 Å². The number of nitrogen functional groups attached to an aromatic ring is 1. The lowest BCUT2D eigenvalue weighted by Gasteiger charge is -2.42. The van der Waals surface area contributed by atoms with Gasteiger partial charge in [0.2, 0.25) is 5.91 Å². The number of anilines is 1. The van der Waals surface area contributed by atoms with Gasteiger partial charge in [-0.15, -0.1) is 11.3 Å². The van der Waals surface area contributed by atoms with Crippen LogP contribution in [0.5, 0.6) is 0 Å². The van der Waals surface area contributed by atoms with E-state index < -0.39 is 28.3 Å². The van der Waals surface area contributed by atoms with Crippen molar-refractivity contribution in [3.63, 3.8) is 0 Å². The molecule has 2 saturated heterocycles. The fourth-order valence-corrected chi connectivity index (χ4v) is 4.89. The van der Waals surface area contributed by atoms with E-state index in [0.717, 1.165) is 0 Å². The molecule has 158 valence electrons. The van der Waals surface area contributed by atoms with E-state index in [4.69, 9.17) is 10.3 Å². The van der Waals surface area contributed by atoms with Crippen LogP contribution in [0.2, 0.25) is 0 Å². The summed E-state index contributed by atoms with van der Waals surface area (Å²) >= 11 is 1.22. The Balaban J connectivity index is 0.000000345. The molecule has 2 atom stereocenters. The Morgan fingerprint density at radius 3 is 2.39 bits per heavy atom. The number of β-lactam (4-membered cyclic amide) rings is 1. The number of thiazole rings is 1. The van der Waals surface area contributed by atoms with Gasteiger partial charge < -0.3 is 15.5 Å². The number of likely N-dealkylation sites (tertiary alicyclic amines) is 1. The predicted molar refractivity (Wildman–Crippen MR) is 106 cm³/mol. The summed E-state index contributed by atoms with van der Waals surface area (Å²) < 4.78 is 31.5. The second-order valence-corrected chi connectivity index (χ2v) is 8.65. The minimum atomic E-state index is -4.56. The molecule has 2 fully saturated rings. The lowest BCUT2D eigenvalue weighted by atomic mass is 10.00. The van der Waals surface area contributed by atoms with Crippen LogP contribution in [0.1, 0.15) is 32.9 Å². The molecule has 0 saturated carbocycles. The maximum absolute atomic E-state index is 12.2. The molecule has 0 aromatic carbocycles. The summed E-state index contributed by atoms with van der Waals surface area (Å²) in [6, 6.07) is -1.48. The van der Waals surface area contributed by atoms with E-state index in [1.54, 1.807) is 5.38 Å². The highest BCUT2D eigenvalue weighted by molar-refractivity contribution is 7.84. The zero-order valence-electron chi connectivity index (χ0n) is 16.2. The highest BCUT2D eigenvalue weighted by Crippen LogP contribution is 2.35. The fourth-order valence-electron chi connectivity index (χ4n) is 3.43. The Morgan fingerprint density at radius 1 is 1.36 bits per heavy atom. The molecule has 0 aliphatic carbocycles. The molecule has 12 heteroatoms. The minimum Gasteiger partial charge on any atom is -0.375 e. The third-order valence-electron chi connectivity index (χ3n) is 4.95. The average molecular weight is 434 g/mol. The minimum absolute atomic E-state index is 0.01000. The third kappa shape index (κ3) is 4.80. The first kappa shape index (κ1) is 22.5. The van der Waals surface area contributed by atoms with Crippen molar-refractivity contribution in [2.45, 2.75) is 45.7 Å². The number of rotatable bonds is 6. The quantitative estimate of drug-likeness (QED) is 0.480. The van der Waals surface area contributed by atoms with Crippen molar-refractivity contribution in [1.29, 1.82) is 0 Å². The van der Waals surface area contributed by atoms with Gasteiger partial charge in [-0.25, -0.2) is 9.29 Å². The Bertz CT molecular complexity index is 803. The molecule has 28 heavy (non-hydrogen) atoms. The number of carbonyl (C=O) groups is 2. The SMILES string of the molecule is CCN(CC)CC.Nc1nc(CC(=O)N2CC[C@@H]3[C@H]2C(=O)N3S(=O)(=O)O)cs1. The molecule has 0 unspecified atom stereocenters. The van der Waals surface area contributed by atoms with Crippen LogP contribution >= 0.6 is 11.3 Å². The van der Waals surface area contributed by atoms with Crippen molar-refractivity contribution in [2.75, 3.05) is 31.9 Å². The number of hydrogen-bond donors (Lipinski definition) is 2. The summed E-state index contributed by atoms with van der Waals surface area (Å²) in [5.41, 5.74) is 6.00. The predicted octanol–water partition coefficient (Wildman–Crippen LogP) is 0.230. The second kappa shape index (κ2) is 9.16. The summed E-state index contributed by atoms with van der Waals surface area (Å²) in [5, 5.41) is 2.02. The lowest BCUT2D eigenvalue weighted by molar-refractivity contribution is -0.151. The van der Waals surface area contributed by atoms with Gasteiger partial charge in [0.1, 0.15) is 6.04 Å². The zero-order valence-corrected chi connectivity index (χ0v) is 17.9. The van der Waals surface area contributed by atoms with Crippen LogP contribution in [0.25, 0.3) is 0 Å². The first-order valence-corrected chi connectivity index (χ1v) is 11.4. The molecule has 1 aromatic heterocycles. The van der Waals surface area contributed by atoms with Gasteiger partial charge in [-0.3, -0.25) is 14.1 Å². The molecule has 1 aromatic rings. The van der Waals surface area contributed by atoms with E-state index in [9.17, 15) is 18.0 Å². The maximum Gasteiger partial charge on any atom is 0.362 e. The van der Waals surface area contributed by atoms with E-state index >= 15 is 0 Å². The Hall–Kier alpha value is -1.76. The number of nitrogens with two attached hydrogens (primary N) is 1. The van der Waals surface area contributed by atoms with Crippen LogP contribution in [0.15, 0.2) is 5.38 Å². The van der Waals surface area contributed by atoms with Crippen molar-refractivity contribution in [2.24, 2.45) is 0 Å². The molecule has 3 heterocycles. The molecule has 10 nitrogen and oxygen atoms in total. The molecule has 0 bridgehead atoms. The lowest BCUT2D eigenvalue weighted by Crippen LogP contribution is -2.68. The van der Waals surface area contributed by atoms with Gasteiger partial charge in [0.05, 0.1) is 18.2 Å². The third-order valence-corrected chi connectivity index (χ3v) is 6.62. The van der Waals surface area contributed by atoms with Crippen LogP contribution in [0.3, 0.4) is 0 Å². The number of aromatic nitrogens is 1. The highest BCUT2D eigenvalue weighted by atomic mass is 32.2. The molecular formula is C16H27N5O5S2. The number of carbonyl (C=O) groups excluding carboxylic acids is 2. The number of amides is 2. The summed E-state index contributed by atoms with van der Waals surface area (Å²) in [5.74, 6) is -1.08. The molecule has 2 aliphatic rings. The van der Waals surface area contributed by atoms with Crippen molar-refractivity contribution < 1.29 is 22.6 Å². The van der Waals surface area contributed by atoms with Crippen molar-refractivity contribution in [3.05, 3.63) is 11.1 Å². The summed E-state index contributed by atoms with van der Waals surface area (Å²) in [7, 11) is -4.56. The highest BCUT2D eigenvalue weighted by Gasteiger charge is 2.59. The molecule has 3 rings (SSSR count). The summed E-state index contributed by atoms with van der Waals surface area (Å²) in [6.07, 6.45) is 0.331. The van der Waals surface area contributed by atoms with Crippen molar-refractivity contribution >= 4 is 38.6 Å². The van der Waals surface area contributed by atoms with E-state index in [0.29, 0.717) is 21.6 Å². The van der Waals surface area contributed by atoms with E-state index in [2.05, 4.69) is 30.7 Å². The Morgan fingerprint density at radius 2 is 1.96 bits per heavy atom. The van der Waals surface area contributed by atoms with Gasteiger partial charge in [-0.1, -0.05) is 20.8 Å². The van der Waals surface area contributed by atoms with Crippen LogP contribution in [0.4, 0.5) is 5.13 Å². The normalized spacial score (nSPS) is 21.2. The molecule has 0 spiro atoms. The van der Waals surface area contributed by atoms with Crippen LogP contribution in [-0.2, 0) is 26.3 Å². The topological polar surface area (TPSA) is 137 Å². The zero-order chi connectivity index (χ0) is 21.1. The molecule has 2 aliphatic heterocycles. The largest absolute Gasteiger partial charge is 0.375 e. The van der Waals surface area contributed by atoms with Crippen LogP contribution in [-0.4, -0.2) is 82.1 Å². The van der Waals surface area contributed by atoms with Crippen molar-refractivity contribution in [3.8, 4) is 0 Å². The Kier molecular flexibility index (Phi) is 7.37. The smallest absolute Gasteiger partial charge is 0.362 e. The van der Waals surface area contributed by atoms with Crippen molar-refractivity contribution in [1.82, 2.24) is 19.1 Å². The van der Waals surface area contributed by atoms with Gasteiger partial charge in [0, 0.05) is 11.9 Å². The maximum atomic E-state index is 12.2. The summed E-state index contributed by atoms with van der Waals surface area (Å²) in [6.45, 7) is 10.4. The first-order valence-electron chi connectivity index (χ1n) is 9.16. The van der Waals surface area contributed by atoms with Gasteiger partial charge in [-0.05, 0) is 26.1 Å². The fraction of sp³-hybridized carbons (Fsp3) is 0.688. The van der Waals surface area contributed by atoms with E-state index in [-0.39, 0.29) is 18.9 Å². The molecular weight excluding hydrogens is 406 g/mol. The first-order chi connectivity index (χ1) is 13.1. The molecule has 2 amide bonds. The monoisotopic (exact) mass is 433 g/mol. The molecule has 3 N–H and O–H groups in total. The second-order valence-electron chi connectivity index (χ2n) is 6.47. The number of nitrogens with zero attached hydrogens (tertiary/aromatic N) is 4. The van der Waals surface area contributed by atoms with E-state index in [1.807, 2.05) is 0 Å². The van der Waals surface area contributed by atoms with E-state index in [1.165, 1.54) is 35.9 Å². The standard InChI is InChI=1S/C10H12N4O5S2.C6H15N/c11-10-12-5(4-20-10)3-7(15)13-2-1-6-8(13)9(16)14(6)21(17,18)19;1-4-7(5-2)6-3/h4,6,8H,1-3H2,(H2,11,12)(H,17,18,19);4-6H2,1-3H3/t6-,8+;/m1./s1.